The number of H-pyrrole nitrogens is 1. The fourth-order valence-corrected chi connectivity index (χ4v) is 1.39. The van der Waals surface area contributed by atoms with E-state index in [1.165, 1.54) is 0 Å². The first-order chi connectivity index (χ1) is 6.85. The van der Waals surface area contributed by atoms with Crippen LogP contribution in [0.25, 0.3) is 10.9 Å². The van der Waals surface area contributed by atoms with Crippen LogP contribution < -0.4 is 17.1 Å². The number of aromatic amines is 1. The van der Waals surface area contributed by atoms with E-state index in [2.05, 4.69) is 15.5 Å². The predicted octanol–water partition coefficient (Wildman–Crippen LogP) is 0.251. The fraction of sp³-hybridized carbons (Fsp3) is 0. The second-order valence-electron chi connectivity index (χ2n) is 2.89. The zero-order valence-corrected chi connectivity index (χ0v) is 7.49. The maximum Gasteiger partial charge on any atom is 0.183 e. The van der Waals surface area contributed by atoms with Gasteiger partial charge in [-0.1, -0.05) is 18.2 Å². The summed E-state index contributed by atoms with van der Waals surface area (Å²) in [6, 6.07) is 9.83. The highest BCUT2D eigenvalue weighted by Gasteiger charge is 2.04. The van der Waals surface area contributed by atoms with Crippen LogP contribution in [0, 0.1) is 0 Å². The monoisotopic (exact) mass is 189 g/mol. The molecule has 0 saturated heterocycles. The lowest BCUT2D eigenvalue weighted by molar-refractivity contribution is 0.997. The molecule has 72 valence electrons. The molecule has 1 aromatic heterocycles. The lowest BCUT2D eigenvalue weighted by atomic mass is 10.2. The summed E-state index contributed by atoms with van der Waals surface area (Å²) in [7, 11) is 0. The van der Waals surface area contributed by atoms with Gasteiger partial charge in [-0.25, -0.2) is 5.84 Å². The number of nitrogens with one attached hydrogen (secondary N) is 2. The molecule has 2 aromatic rings. The fourth-order valence-electron chi connectivity index (χ4n) is 1.39. The van der Waals surface area contributed by atoms with E-state index >= 15 is 0 Å². The molecule has 0 spiro atoms. The molecule has 1 heterocycles. The maximum absolute atomic E-state index is 5.26. The Bertz CT molecular complexity index is 438. The van der Waals surface area contributed by atoms with Crippen molar-refractivity contribution in [3.8, 4) is 0 Å². The van der Waals surface area contributed by atoms with Crippen LogP contribution in [0.4, 0.5) is 0 Å². The molecule has 0 aliphatic heterocycles. The minimum Gasteiger partial charge on any atom is -0.352 e. The Morgan fingerprint density at radius 2 is 2.14 bits per heavy atom. The van der Waals surface area contributed by atoms with Crippen molar-refractivity contribution in [2.45, 2.75) is 0 Å². The number of hydrazone groups is 1. The summed E-state index contributed by atoms with van der Waals surface area (Å²) in [5.74, 6) is 10.9. The Labute approximate surface area is 80.8 Å². The van der Waals surface area contributed by atoms with Crippen molar-refractivity contribution in [1.29, 1.82) is 0 Å². The summed E-state index contributed by atoms with van der Waals surface area (Å²) >= 11 is 0. The average Bonchev–Trinajstić information content (AvgIpc) is 2.63. The summed E-state index contributed by atoms with van der Waals surface area (Å²) in [6.45, 7) is 0. The molecule has 0 aliphatic rings. The first-order valence-electron chi connectivity index (χ1n) is 4.18. The normalized spacial score (nSPS) is 11.9. The van der Waals surface area contributed by atoms with Crippen molar-refractivity contribution in [2.75, 3.05) is 0 Å². The molecule has 0 fully saturated rings. The van der Waals surface area contributed by atoms with Gasteiger partial charge in [0.1, 0.15) is 0 Å². The third-order valence-corrected chi connectivity index (χ3v) is 2.05. The molecule has 5 heteroatoms. The zero-order valence-electron chi connectivity index (χ0n) is 7.49. The molecule has 5 nitrogen and oxygen atoms in total. The molecular weight excluding hydrogens is 178 g/mol. The lowest BCUT2D eigenvalue weighted by Crippen LogP contribution is -2.32. The Morgan fingerprint density at radius 3 is 2.79 bits per heavy atom. The molecule has 14 heavy (non-hydrogen) atoms. The van der Waals surface area contributed by atoms with Crippen LogP contribution >= 0.6 is 0 Å². The molecule has 0 unspecified atom stereocenters. The summed E-state index contributed by atoms with van der Waals surface area (Å²) in [4.78, 5) is 3.14. The Kier molecular flexibility index (Phi) is 2.08. The highest BCUT2D eigenvalue weighted by molar-refractivity contribution is 6.00. The van der Waals surface area contributed by atoms with Crippen molar-refractivity contribution in [3.63, 3.8) is 0 Å². The zero-order chi connectivity index (χ0) is 9.97. The van der Waals surface area contributed by atoms with E-state index in [-0.39, 0.29) is 0 Å². The molecule has 0 bridgehead atoms. The van der Waals surface area contributed by atoms with Crippen LogP contribution in [0.2, 0.25) is 0 Å². The Morgan fingerprint density at radius 1 is 1.36 bits per heavy atom. The number of hydrazine groups is 1. The van der Waals surface area contributed by atoms with Crippen molar-refractivity contribution >= 4 is 16.7 Å². The highest BCUT2D eigenvalue weighted by atomic mass is 15.3. The minimum absolute atomic E-state index is 0.432. The number of para-hydroxylation sites is 1. The number of fused-ring (bicyclic) bond motifs is 1. The average molecular weight is 189 g/mol. The molecule has 0 radical (unpaired) electrons. The van der Waals surface area contributed by atoms with Gasteiger partial charge in [-0.3, -0.25) is 0 Å². The number of nitrogens with two attached hydrogens (primary N) is 2. The summed E-state index contributed by atoms with van der Waals surface area (Å²) < 4.78 is 0. The van der Waals surface area contributed by atoms with Gasteiger partial charge in [0.05, 0.1) is 5.69 Å². The van der Waals surface area contributed by atoms with Gasteiger partial charge >= 0.3 is 0 Å². The van der Waals surface area contributed by atoms with Crippen molar-refractivity contribution in [1.82, 2.24) is 10.4 Å². The first kappa shape index (κ1) is 8.58. The van der Waals surface area contributed by atoms with Crippen molar-refractivity contribution in [3.05, 3.63) is 36.0 Å². The van der Waals surface area contributed by atoms with E-state index in [9.17, 15) is 0 Å². The molecule has 0 aliphatic carbocycles. The lowest BCUT2D eigenvalue weighted by Gasteiger charge is -1.98. The largest absolute Gasteiger partial charge is 0.352 e. The van der Waals surface area contributed by atoms with E-state index in [0.717, 1.165) is 16.6 Å². The van der Waals surface area contributed by atoms with Gasteiger partial charge in [0.25, 0.3) is 0 Å². The van der Waals surface area contributed by atoms with Gasteiger partial charge in [0.15, 0.2) is 5.84 Å². The van der Waals surface area contributed by atoms with Crippen LogP contribution in [0.3, 0.4) is 0 Å². The molecule has 0 atom stereocenters. The summed E-state index contributed by atoms with van der Waals surface area (Å²) in [5.41, 5.74) is 4.22. The van der Waals surface area contributed by atoms with Gasteiger partial charge in [0.2, 0.25) is 0 Å². The van der Waals surface area contributed by atoms with Gasteiger partial charge in [-0.15, -0.1) is 0 Å². The second-order valence-corrected chi connectivity index (χ2v) is 2.89. The standard InChI is InChI=1S/C9H11N5/c10-13-9(14-11)8-5-6-3-1-2-4-7(6)12-8/h1-5,12H,10-11H2,(H,13,14). The number of nitrogens with zero attached hydrogens (tertiary/aromatic N) is 1. The third-order valence-electron chi connectivity index (χ3n) is 2.05. The number of amidine groups is 1. The molecule has 2 rings (SSSR count). The molecule has 0 amide bonds. The number of rotatable bonds is 1. The third kappa shape index (κ3) is 1.29. The smallest absolute Gasteiger partial charge is 0.183 e. The predicted molar refractivity (Wildman–Crippen MR) is 56.3 cm³/mol. The quantitative estimate of drug-likeness (QED) is 0.224. The number of hydrogen-bond donors (Lipinski definition) is 4. The molecular formula is C9H11N5. The van der Waals surface area contributed by atoms with Crippen molar-refractivity contribution < 1.29 is 0 Å². The summed E-state index contributed by atoms with van der Waals surface area (Å²) in [6.07, 6.45) is 0. The van der Waals surface area contributed by atoms with Crippen LogP contribution in [-0.2, 0) is 0 Å². The van der Waals surface area contributed by atoms with Gasteiger partial charge in [0, 0.05) is 10.9 Å². The van der Waals surface area contributed by atoms with E-state index < -0.39 is 0 Å². The van der Waals surface area contributed by atoms with Gasteiger partial charge in [-0.2, -0.15) is 5.10 Å². The minimum atomic E-state index is 0.432. The van der Waals surface area contributed by atoms with E-state index in [1.54, 1.807) is 0 Å². The van der Waals surface area contributed by atoms with E-state index in [0.29, 0.717) is 5.84 Å². The first-order valence-corrected chi connectivity index (χ1v) is 4.18. The SMILES string of the molecule is NN=C(NN)c1cc2ccccc2[nH]1. The molecule has 0 saturated carbocycles. The van der Waals surface area contributed by atoms with Crippen LogP contribution in [0.1, 0.15) is 5.69 Å². The Balaban J connectivity index is 2.55. The van der Waals surface area contributed by atoms with Crippen LogP contribution in [-0.4, -0.2) is 10.8 Å². The molecule has 6 N–H and O–H groups in total. The van der Waals surface area contributed by atoms with Crippen LogP contribution in [0.5, 0.6) is 0 Å². The Hall–Kier alpha value is -2.01. The second kappa shape index (κ2) is 3.39. The number of hydrogen-bond acceptors (Lipinski definition) is 3. The number of aromatic nitrogens is 1. The topological polar surface area (TPSA) is 92.2 Å². The van der Waals surface area contributed by atoms with Gasteiger partial charge in [-0.05, 0) is 12.1 Å². The molecule has 1 aromatic carbocycles. The number of benzene rings is 1. The van der Waals surface area contributed by atoms with E-state index in [4.69, 9.17) is 11.7 Å². The maximum atomic E-state index is 5.26. The van der Waals surface area contributed by atoms with Crippen molar-refractivity contribution in [2.24, 2.45) is 16.8 Å². The van der Waals surface area contributed by atoms with E-state index in [1.807, 2.05) is 30.3 Å². The summed E-state index contributed by atoms with van der Waals surface area (Å²) in [5, 5.41) is 4.62. The van der Waals surface area contributed by atoms with Crippen LogP contribution in [0.15, 0.2) is 35.4 Å². The van der Waals surface area contributed by atoms with Gasteiger partial charge < -0.3 is 16.3 Å². The highest BCUT2D eigenvalue weighted by Crippen LogP contribution is 2.14.